The van der Waals surface area contributed by atoms with Crippen molar-refractivity contribution in [3.63, 3.8) is 0 Å². The first kappa shape index (κ1) is 19.3. The van der Waals surface area contributed by atoms with Gasteiger partial charge in [0, 0.05) is 12.0 Å². The molecule has 0 atom stereocenters. The summed E-state index contributed by atoms with van der Waals surface area (Å²) in [5.41, 5.74) is 0.711. The van der Waals surface area contributed by atoms with Crippen LogP contribution in [-0.4, -0.2) is 52.3 Å². The molecule has 7 heteroatoms. The van der Waals surface area contributed by atoms with Crippen LogP contribution in [0.1, 0.15) is 65.1 Å². The van der Waals surface area contributed by atoms with E-state index in [1.54, 1.807) is 0 Å². The SMILES string of the molecule is CC1(C)OB(c2ccc3nc(C4CCN(C5CC5)CC4)[nH]c(=O)c3c2)OC1(C)C. The van der Waals surface area contributed by atoms with Gasteiger partial charge in [0.05, 0.1) is 22.1 Å². The molecular formula is C22H30BN3O3. The second kappa shape index (κ2) is 6.66. The number of aromatic amines is 1. The van der Waals surface area contributed by atoms with Gasteiger partial charge in [0.1, 0.15) is 5.82 Å². The number of H-pyrrole nitrogens is 1. The van der Waals surface area contributed by atoms with Gasteiger partial charge in [0.2, 0.25) is 0 Å². The summed E-state index contributed by atoms with van der Waals surface area (Å²) in [4.78, 5) is 23.3. The Morgan fingerprint density at radius 3 is 2.34 bits per heavy atom. The highest BCUT2D eigenvalue weighted by Crippen LogP contribution is 2.37. The van der Waals surface area contributed by atoms with Crippen LogP contribution < -0.4 is 11.0 Å². The van der Waals surface area contributed by atoms with Gasteiger partial charge in [-0.15, -0.1) is 0 Å². The minimum Gasteiger partial charge on any atom is -0.399 e. The Labute approximate surface area is 172 Å². The van der Waals surface area contributed by atoms with E-state index in [-0.39, 0.29) is 5.56 Å². The third kappa shape index (κ3) is 3.43. The quantitative estimate of drug-likeness (QED) is 0.810. The van der Waals surface area contributed by atoms with Crippen LogP contribution in [0.15, 0.2) is 23.0 Å². The molecule has 29 heavy (non-hydrogen) atoms. The largest absolute Gasteiger partial charge is 0.494 e. The van der Waals surface area contributed by atoms with Crippen LogP contribution in [0.2, 0.25) is 0 Å². The maximum Gasteiger partial charge on any atom is 0.494 e. The molecule has 0 radical (unpaired) electrons. The summed E-state index contributed by atoms with van der Waals surface area (Å²) in [7, 11) is -0.477. The Kier molecular flexibility index (Phi) is 4.43. The minimum atomic E-state index is -0.477. The predicted molar refractivity (Wildman–Crippen MR) is 115 cm³/mol. The van der Waals surface area contributed by atoms with E-state index >= 15 is 0 Å². The first-order valence-corrected chi connectivity index (χ1v) is 10.9. The third-order valence-corrected chi connectivity index (χ3v) is 7.25. The van der Waals surface area contributed by atoms with Crippen LogP contribution in [0.25, 0.3) is 10.9 Å². The number of hydrogen-bond acceptors (Lipinski definition) is 5. The molecule has 154 valence electrons. The van der Waals surface area contributed by atoms with Crippen LogP contribution in [0.5, 0.6) is 0 Å². The van der Waals surface area contributed by atoms with Gasteiger partial charge < -0.3 is 19.2 Å². The molecule has 3 heterocycles. The topological polar surface area (TPSA) is 67.5 Å². The highest BCUT2D eigenvalue weighted by atomic mass is 16.7. The fraction of sp³-hybridized carbons (Fsp3) is 0.636. The van der Waals surface area contributed by atoms with Gasteiger partial charge in [-0.1, -0.05) is 6.07 Å². The minimum absolute atomic E-state index is 0.0759. The summed E-state index contributed by atoms with van der Waals surface area (Å²) in [6.45, 7) is 10.3. The van der Waals surface area contributed by atoms with Crippen molar-refractivity contribution in [3.8, 4) is 0 Å². The molecule has 1 aromatic carbocycles. The smallest absolute Gasteiger partial charge is 0.399 e. The standard InChI is InChI=1S/C22H30BN3O3/c1-21(2)22(3,4)29-23(28-21)15-5-8-18-17(13-15)20(27)25-19(24-18)14-9-11-26(12-10-14)16-6-7-16/h5,8,13-14,16H,6-7,9-12H2,1-4H3,(H,24,25,27). The molecule has 5 rings (SSSR count). The average Bonchev–Trinajstić information content (AvgIpc) is 3.49. The number of fused-ring (bicyclic) bond motifs is 1. The van der Waals surface area contributed by atoms with Crippen molar-refractivity contribution in [1.82, 2.24) is 14.9 Å². The molecule has 2 saturated heterocycles. The molecule has 3 fully saturated rings. The molecule has 0 bridgehead atoms. The van der Waals surface area contributed by atoms with Crippen molar-refractivity contribution >= 4 is 23.5 Å². The molecule has 1 aromatic heterocycles. The van der Waals surface area contributed by atoms with Crippen LogP contribution >= 0.6 is 0 Å². The van der Waals surface area contributed by atoms with Crippen molar-refractivity contribution in [3.05, 3.63) is 34.4 Å². The number of piperidine rings is 1. The molecule has 1 aliphatic carbocycles. The van der Waals surface area contributed by atoms with Crippen LogP contribution in [0, 0.1) is 0 Å². The second-order valence-corrected chi connectivity index (χ2v) is 9.86. The maximum atomic E-state index is 12.9. The lowest BCUT2D eigenvalue weighted by Crippen LogP contribution is -2.41. The van der Waals surface area contributed by atoms with Crippen molar-refractivity contribution in [2.75, 3.05) is 13.1 Å². The maximum absolute atomic E-state index is 12.9. The molecule has 3 aliphatic rings. The number of nitrogens with zero attached hydrogens (tertiary/aromatic N) is 2. The third-order valence-electron chi connectivity index (χ3n) is 7.25. The van der Waals surface area contributed by atoms with Crippen molar-refractivity contribution in [1.29, 1.82) is 0 Å². The number of rotatable bonds is 3. The van der Waals surface area contributed by atoms with E-state index in [9.17, 15) is 4.79 Å². The van der Waals surface area contributed by atoms with E-state index in [0.29, 0.717) is 11.3 Å². The Bertz CT molecular complexity index is 974. The van der Waals surface area contributed by atoms with Gasteiger partial charge in [0.25, 0.3) is 5.56 Å². The van der Waals surface area contributed by atoms with Gasteiger partial charge >= 0.3 is 7.12 Å². The molecule has 0 spiro atoms. The first-order valence-electron chi connectivity index (χ1n) is 10.9. The molecule has 2 aliphatic heterocycles. The number of hydrogen-bond donors (Lipinski definition) is 1. The van der Waals surface area contributed by atoms with Gasteiger partial charge in [-0.05, 0) is 84.1 Å². The lowest BCUT2D eigenvalue weighted by molar-refractivity contribution is 0.00578. The Morgan fingerprint density at radius 1 is 1.07 bits per heavy atom. The lowest BCUT2D eigenvalue weighted by atomic mass is 9.78. The Hall–Kier alpha value is -1.70. The molecule has 2 aromatic rings. The van der Waals surface area contributed by atoms with Crippen LogP contribution in [-0.2, 0) is 9.31 Å². The highest BCUT2D eigenvalue weighted by Gasteiger charge is 2.51. The number of likely N-dealkylation sites (tertiary alicyclic amines) is 1. The zero-order valence-corrected chi connectivity index (χ0v) is 17.8. The zero-order chi connectivity index (χ0) is 20.4. The predicted octanol–water partition coefficient (Wildman–Crippen LogP) is 2.56. The summed E-state index contributed by atoms with van der Waals surface area (Å²) in [5.74, 6) is 1.17. The summed E-state index contributed by atoms with van der Waals surface area (Å²) in [6, 6.07) is 6.57. The van der Waals surface area contributed by atoms with E-state index in [2.05, 4.69) is 9.88 Å². The molecular weight excluding hydrogens is 365 g/mol. The van der Waals surface area contributed by atoms with Gasteiger partial charge in [-0.3, -0.25) is 4.79 Å². The molecule has 1 saturated carbocycles. The van der Waals surface area contributed by atoms with E-state index < -0.39 is 18.3 Å². The van der Waals surface area contributed by atoms with Crippen molar-refractivity contribution < 1.29 is 9.31 Å². The normalized spacial score (nSPS) is 25.0. The number of nitrogens with one attached hydrogen (secondary N) is 1. The van der Waals surface area contributed by atoms with Crippen molar-refractivity contribution in [2.45, 2.75) is 76.5 Å². The first-order chi connectivity index (χ1) is 13.7. The number of benzene rings is 1. The monoisotopic (exact) mass is 395 g/mol. The summed E-state index contributed by atoms with van der Waals surface area (Å²) < 4.78 is 12.3. The Morgan fingerprint density at radius 2 is 1.72 bits per heavy atom. The Balaban J connectivity index is 1.39. The lowest BCUT2D eigenvalue weighted by Gasteiger charge is -2.32. The summed E-state index contributed by atoms with van der Waals surface area (Å²) >= 11 is 0. The van der Waals surface area contributed by atoms with E-state index in [1.165, 1.54) is 12.8 Å². The molecule has 0 unspecified atom stereocenters. The fourth-order valence-electron chi connectivity index (χ4n) is 4.47. The summed E-state index contributed by atoms with van der Waals surface area (Å²) in [5, 5.41) is 0.594. The van der Waals surface area contributed by atoms with Gasteiger partial charge in [-0.25, -0.2) is 4.98 Å². The van der Waals surface area contributed by atoms with Crippen molar-refractivity contribution in [2.24, 2.45) is 0 Å². The highest BCUT2D eigenvalue weighted by molar-refractivity contribution is 6.62. The van der Waals surface area contributed by atoms with Gasteiger partial charge in [-0.2, -0.15) is 0 Å². The molecule has 1 N–H and O–H groups in total. The average molecular weight is 395 g/mol. The molecule has 0 amide bonds. The number of aromatic nitrogens is 2. The summed E-state index contributed by atoms with van der Waals surface area (Å²) in [6.07, 6.45) is 4.83. The second-order valence-electron chi connectivity index (χ2n) is 9.86. The molecule has 6 nitrogen and oxygen atoms in total. The fourth-order valence-corrected chi connectivity index (χ4v) is 4.47. The van der Waals surface area contributed by atoms with E-state index in [0.717, 1.165) is 48.8 Å². The van der Waals surface area contributed by atoms with Gasteiger partial charge in [0.15, 0.2) is 0 Å². The van der Waals surface area contributed by atoms with Crippen LogP contribution in [0.3, 0.4) is 0 Å². The zero-order valence-electron chi connectivity index (χ0n) is 17.8. The van der Waals surface area contributed by atoms with E-state index in [4.69, 9.17) is 14.3 Å². The van der Waals surface area contributed by atoms with E-state index in [1.807, 2.05) is 45.9 Å². The van der Waals surface area contributed by atoms with Crippen LogP contribution in [0.4, 0.5) is 0 Å².